The van der Waals surface area contributed by atoms with E-state index in [4.69, 9.17) is 5.11 Å². The third kappa shape index (κ3) is 2.56. The smallest absolute Gasteiger partial charge is 0.356 e. The number of fused-ring (bicyclic) bond motifs is 1. The summed E-state index contributed by atoms with van der Waals surface area (Å²) < 4.78 is 2.05. The molecule has 1 atom stereocenters. The summed E-state index contributed by atoms with van der Waals surface area (Å²) in [5.41, 5.74) is 1.11. The quantitative estimate of drug-likeness (QED) is 0.850. The molecule has 5 heteroatoms. The average molecular weight is 251 g/mol. The molecule has 1 aliphatic heterocycles. The summed E-state index contributed by atoms with van der Waals surface area (Å²) in [7, 11) is 0. The van der Waals surface area contributed by atoms with Gasteiger partial charge in [-0.2, -0.15) is 0 Å². The molecule has 100 valence electrons. The standard InChI is InChI=1S/C13H21N3O2/c1-8(2)6-14-10-4-5-11-12(13(17)18)15-9(3)16(11)7-10/h8,10,14H,4-7H2,1-3H3,(H,17,18). The number of hydrogen-bond acceptors (Lipinski definition) is 3. The zero-order chi connectivity index (χ0) is 13.3. The number of aromatic carboxylic acids is 1. The van der Waals surface area contributed by atoms with Crippen LogP contribution in [0, 0.1) is 12.8 Å². The fourth-order valence-corrected chi connectivity index (χ4v) is 2.47. The van der Waals surface area contributed by atoms with Gasteiger partial charge in [0, 0.05) is 12.6 Å². The molecule has 2 heterocycles. The number of carboxylic acid groups (broad SMARTS) is 1. The maximum atomic E-state index is 11.1. The fraction of sp³-hybridized carbons (Fsp3) is 0.692. The van der Waals surface area contributed by atoms with E-state index in [1.54, 1.807) is 0 Å². The molecule has 18 heavy (non-hydrogen) atoms. The van der Waals surface area contributed by atoms with Crippen molar-refractivity contribution < 1.29 is 9.90 Å². The van der Waals surface area contributed by atoms with Crippen LogP contribution in [-0.4, -0.2) is 33.2 Å². The second-order valence-electron chi connectivity index (χ2n) is 5.41. The summed E-state index contributed by atoms with van der Waals surface area (Å²) in [5, 5.41) is 12.6. The van der Waals surface area contributed by atoms with Crippen molar-refractivity contribution in [2.45, 2.75) is 46.2 Å². The van der Waals surface area contributed by atoms with Crippen LogP contribution in [0.4, 0.5) is 0 Å². The molecule has 0 saturated carbocycles. The minimum atomic E-state index is -0.916. The first kappa shape index (κ1) is 13.1. The van der Waals surface area contributed by atoms with Crippen molar-refractivity contribution >= 4 is 5.97 Å². The van der Waals surface area contributed by atoms with Crippen LogP contribution >= 0.6 is 0 Å². The fourth-order valence-electron chi connectivity index (χ4n) is 2.47. The lowest BCUT2D eigenvalue weighted by molar-refractivity contribution is 0.0689. The van der Waals surface area contributed by atoms with Crippen LogP contribution in [0.2, 0.25) is 0 Å². The molecule has 2 N–H and O–H groups in total. The van der Waals surface area contributed by atoms with E-state index in [-0.39, 0.29) is 5.69 Å². The molecule has 0 aliphatic carbocycles. The Morgan fingerprint density at radius 1 is 1.61 bits per heavy atom. The number of carbonyl (C=O) groups is 1. The first-order chi connectivity index (χ1) is 8.49. The van der Waals surface area contributed by atoms with Crippen LogP contribution in [0.1, 0.15) is 42.3 Å². The molecule has 0 fully saturated rings. The number of aromatic nitrogens is 2. The Bertz CT molecular complexity index is 451. The van der Waals surface area contributed by atoms with Gasteiger partial charge in [-0.25, -0.2) is 9.78 Å². The Morgan fingerprint density at radius 3 is 2.94 bits per heavy atom. The maximum absolute atomic E-state index is 11.1. The van der Waals surface area contributed by atoms with Crippen LogP contribution in [0.15, 0.2) is 0 Å². The first-order valence-electron chi connectivity index (χ1n) is 6.51. The highest BCUT2D eigenvalue weighted by molar-refractivity contribution is 5.86. The predicted octanol–water partition coefficient (Wildman–Crippen LogP) is 1.45. The van der Waals surface area contributed by atoms with Crippen molar-refractivity contribution in [3.63, 3.8) is 0 Å². The van der Waals surface area contributed by atoms with Crippen molar-refractivity contribution in [1.29, 1.82) is 0 Å². The van der Waals surface area contributed by atoms with Crippen LogP contribution in [0.3, 0.4) is 0 Å². The Labute approximate surface area is 107 Å². The average Bonchev–Trinajstić information content (AvgIpc) is 2.64. The highest BCUT2D eigenvalue weighted by atomic mass is 16.4. The van der Waals surface area contributed by atoms with Crippen LogP contribution in [-0.2, 0) is 13.0 Å². The van der Waals surface area contributed by atoms with Gasteiger partial charge < -0.3 is 15.0 Å². The van der Waals surface area contributed by atoms with Crippen molar-refractivity contribution in [3.8, 4) is 0 Å². The number of imidazole rings is 1. The molecule has 0 radical (unpaired) electrons. The number of carboxylic acids is 1. The molecule has 0 bridgehead atoms. The minimum Gasteiger partial charge on any atom is -0.476 e. The van der Waals surface area contributed by atoms with Gasteiger partial charge in [-0.3, -0.25) is 0 Å². The van der Waals surface area contributed by atoms with Crippen molar-refractivity contribution in [3.05, 3.63) is 17.2 Å². The van der Waals surface area contributed by atoms with Crippen molar-refractivity contribution in [2.75, 3.05) is 6.54 Å². The second kappa shape index (κ2) is 5.10. The molecule has 2 rings (SSSR count). The number of nitrogens with zero attached hydrogens (tertiary/aromatic N) is 2. The van der Waals surface area contributed by atoms with Gasteiger partial charge in [0.15, 0.2) is 5.69 Å². The summed E-state index contributed by atoms with van der Waals surface area (Å²) in [6, 6.07) is 0.425. The lowest BCUT2D eigenvalue weighted by Crippen LogP contribution is -2.39. The Hall–Kier alpha value is -1.36. The molecule has 1 aromatic heterocycles. The summed E-state index contributed by atoms with van der Waals surface area (Å²) in [4.78, 5) is 15.2. The van der Waals surface area contributed by atoms with Gasteiger partial charge in [-0.1, -0.05) is 13.8 Å². The molecule has 1 aromatic rings. The zero-order valence-electron chi connectivity index (χ0n) is 11.2. The summed E-state index contributed by atoms with van der Waals surface area (Å²) in [6.07, 6.45) is 1.77. The third-order valence-corrected chi connectivity index (χ3v) is 3.41. The Kier molecular flexibility index (Phi) is 3.71. The number of rotatable bonds is 4. The van der Waals surface area contributed by atoms with Crippen LogP contribution < -0.4 is 5.32 Å². The van der Waals surface area contributed by atoms with E-state index in [0.29, 0.717) is 12.0 Å². The Balaban J connectivity index is 2.12. The monoisotopic (exact) mass is 251 g/mol. The van der Waals surface area contributed by atoms with Gasteiger partial charge in [0.2, 0.25) is 0 Å². The van der Waals surface area contributed by atoms with E-state index in [9.17, 15) is 4.79 Å². The van der Waals surface area contributed by atoms with E-state index in [1.807, 2.05) is 11.5 Å². The third-order valence-electron chi connectivity index (χ3n) is 3.41. The molecule has 0 saturated heterocycles. The first-order valence-corrected chi connectivity index (χ1v) is 6.51. The van der Waals surface area contributed by atoms with Gasteiger partial charge in [0.1, 0.15) is 5.82 Å². The topological polar surface area (TPSA) is 67.1 Å². The molecule has 0 aromatic carbocycles. The van der Waals surface area contributed by atoms with E-state index >= 15 is 0 Å². The largest absolute Gasteiger partial charge is 0.476 e. The van der Waals surface area contributed by atoms with Crippen LogP contribution in [0.25, 0.3) is 0 Å². The molecule has 1 unspecified atom stereocenters. The van der Waals surface area contributed by atoms with Gasteiger partial charge in [0.05, 0.1) is 5.69 Å². The van der Waals surface area contributed by atoms with E-state index in [0.717, 1.165) is 37.4 Å². The van der Waals surface area contributed by atoms with E-state index < -0.39 is 5.97 Å². The van der Waals surface area contributed by atoms with Crippen LogP contribution in [0.5, 0.6) is 0 Å². The van der Waals surface area contributed by atoms with Crippen molar-refractivity contribution in [2.24, 2.45) is 5.92 Å². The number of nitrogens with one attached hydrogen (secondary N) is 1. The minimum absolute atomic E-state index is 0.231. The molecule has 1 aliphatic rings. The molecule has 5 nitrogen and oxygen atoms in total. The molecule has 0 spiro atoms. The van der Waals surface area contributed by atoms with E-state index in [2.05, 4.69) is 24.1 Å². The Morgan fingerprint density at radius 2 is 2.33 bits per heavy atom. The second-order valence-corrected chi connectivity index (χ2v) is 5.41. The summed E-state index contributed by atoms with van der Waals surface area (Å²) in [5.74, 6) is 0.517. The van der Waals surface area contributed by atoms with E-state index in [1.165, 1.54) is 0 Å². The van der Waals surface area contributed by atoms with Gasteiger partial charge >= 0.3 is 5.97 Å². The van der Waals surface area contributed by atoms with Crippen molar-refractivity contribution in [1.82, 2.24) is 14.9 Å². The molecule has 0 amide bonds. The highest BCUT2D eigenvalue weighted by Gasteiger charge is 2.26. The lowest BCUT2D eigenvalue weighted by Gasteiger charge is -2.27. The normalized spacial score (nSPS) is 19.0. The summed E-state index contributed by atoms with van der Waals surface area (Å²) in [6.45, 7) is 8.08. The maximum Gasteiger partial charge on any atom is 0.356 e. The number of hydrogen-bond donors (Lipinski definition) is 2. The molecular weight excluding hydrogens is 230 g/mol. The lowest BCUT2D eigenvalue weighted by atomic mass is 10.0. The zero-order valence-corrected chi connectivity index (χ0v) is 11.2. The molecular formula is C13H21N3O2. The highest BCUT2D eigenvalue weighted by Crippen LogP contribution is 2.21. The predicted molar refractivity (Wildman–Crippen MR) is 68.9 cm³/mol. The number of aryl methyl sites for hydroxylation is 1. The van der Waals surface area contributed by atoms with Gasteiger partial charge in [-0.15, -0.1) is 0 Å². The van der Waals surface area contributed by atoms with Gasteiger partial charge in [0.25, 0.3) is 0 Å². The SMILES string of the molecule is Cc1nc(C(=O)O)c2n1CC(NCC(C)C)CC2. The van der Waals surface area contributed by atoms with Gasteiger partial charge in [-0.05, 0) is 32.2 Å². The summed E-state index contributed by atoms with van der Waals surface area (Å²) >= 11 is 0.